The molecule has 0 radical (unpaired) electrons. The molecule has 0 aromatic heterocycles. The van der Waals surface area contributed by atoms with E-state index in [2.05, 4.69) is 6.58 Å². The number of aliphatic hydroxyl groups is 4. The van der Waals surface area contributed by atoms with Gasteiger partial charge in [0.1, 0.15) is 28.6 Å². The molecule has 208 valence electrons. The number of phenols is 1. The zero-order valence-electron chi connectivity index (χ0n) is 21.7. The van der Waals surface area contributed by atoms with Crippen LogP contribution in [0.25, 0.3) is 16.9 Å². The fourth-order valence-corrected chi connectivity index (χ4v) is 6.31. The molecule has 4 atom stereocenters. The number of aliphatic hydroxyl groups excluding tert-OH is 3. The van der Waals surface area contributed by atoms with Crippen molar-refractivity contribution in [3.05, 3.63) is 76.6 Å². The number of hydrogen-bond donors (Lipinski definition) is 6. The van der Waals surface area contributed by atoms with Crippen LogP contribution in [0, 0.1) is 11.8 Å². The molecule has 0 saturated heterocycles. The van der Waals surface area contributed by atoms with Crippen LogP contribution in [0.15, 0.2) is 59.9 Å². The molecule has 5 rings (SSSR count). The van der Waals surface area contributed by atoms with Crippen LogP contribution in [0.1, 0.15) is 42.1 Å². The Morgan fingerprint density at radius 1 is 1.18 bits per heavy atom. The van der Waals surface area contributed by atoms with E-state index in [1.807, 2.05) is 0 Å². The normalized spacial score (nSPS) is 24.7. The van der Waals surface area contributed by atoms with Crippen molar-refractivity contribution in [2.24, 2.45) is 17.6 Å². The van der Waals surface area contributed by atoms with Crippen molar-refractivity contribution < 1.29 is 44.7 Å². The maximum Gasteiger partial charge on any atom is 0.255 e. The van der Waals surface area contributed by atoms with Gasteiger partial charge in [-0.25, -0.2) is 0 Å². The number of Topliss-reactive ketones (excluding diaryl/α,β-unsaturated/α-hetero) is 2. The first-order chi connectivity index (χ1) is 18.9. The van der Waals surface area contributed by atoms with Crippen molar-refractivity contribution in [1.82, 2.24) is 0 Å². The third-order valence-corrected chi connectivity index (χ3v) is 8.24. The summed E-state index contributed by atoms with van der Waals surface area (Å²) in [5, 5.41) is 54.8. The van der Waals surface area contributed by atoms with E-state index in [9.17, 15) is 39.9 Å². The first-order valence-electron chi connectivity index (χ1n) is 12.7. The smallest absolute Gasteiger partial charge is 0.255 e. The Labute approximate surface area is 229 Å². The van der Waals surface area contributed by atoms with Crippen LogP contribution < -0.4 is 10.5 Å². The second-order valence-corrected chi connectivity index (χ2v) is 10.4. The number of carbonyl (C=O) groups is 3. The van der Waals surface area contributed by atoms with Gasteiger partial charge in [-0.3, -0.25) is 14.4 Å². The largest absolute Gasteiger partial charge is 0.508 e. The minimum atomic E-state index is -2.62. The topological polar surface area (TPSA) is 188 Å². The molecule has 1 fully saturated rings. The van der Waals surface area contributed by atoms with Crippen molar-refractivity contribution in [3.8, 4) is 22.6 Å². The van der Waals surface area contributed by atoms with E-state index in [0.717, 1.165) is 0 Å². The molecule has 7 N–H and O–H groups in total. The zero-order valence-corrected chi connectivity index (χ0v) is 21.7. The van der Waals surface area contributed by atoms with Crippen LogP contribution in [-0.2, 0) is 20.8 Å². The lowest BCUT2D eigenvalue weighted by molar-refractivity contribution is -0.147. The molecule has 1 saturated carbocycles. The minimum absolute atomic E-state index is 0.0211. The molecule has 0 spiro atoms. The van der Waals surface area contributed by atoms with Gasteiger partial charge in [-0.15, -0.1) is 6.58 Å². The number of rotatable bonds is 6. The van der Waals surface area contributed by atoms with Crippen LogP contribution in [0.2, 0.25) is 0 Å². The second-order valence-electron chi connectivity index (χ2n) is 10.4. The van der Waals surface area contributed by atoms with Gasteiger partial charge >= 0.3 is 0 Å². The lowest BCUT2D eigenvalue weighted by Gasteiger charge is -2.46. The van der Waals surface area contributed by atoms with E-state index in [-0.39, 0.29) is 29.7 Å². The van der Waals surface area contributed by atoms with Crippen LogP contribution in [0.4, 0.5) is 0 Å². The molecule has 10 heteroatoms. The summed E-state index contributed by atoms with van der Waals surface area (Å²) in [6, 6.07) is 8.16. The average molecular weight is 548 g/mol. The number of aromatic hydroxyl groups is 1. The maximum atomic E-state index is 13.7. The summed E-state index contributed by atoms with van der Waals surface area (Å²) in [6.07, 6.45) is 0.856. The number of benzene rings is 2. The number of carbonyl (C=O) groups excluding carboxylic acids is 3. The van der Waals surface area contributed by atoms with Crippen molar-refractivity contribution in [2.45, 2.75) is 37.4 Å². The van der Waals surface area contributed by atoms with Crippen molar-refractivity contribution in [3.63, 3.8) is 0 Å². The number of amides is 1. The van der Waals surface area contributed by atoms with Gasteiger partial charge in [0.15, 0.2) is 11.4 Å². The van der Waals surface area contributed by atoms with E-state index in [1.165, 1.54) is 13.2 Å². The van der Waals surface area contributed by atoms with Gasteiger partial charge < -0.3 is 36.0 Å². The highest BCUT2D eigenvalue weighted by Gasteiger charge is 2.60. The molecule has 2 aromatic carbocycles. The molecule has 10 nitrogen and oxygen atoms in total. The van der Waals surface area contributed by atoms with Crippen LogP contribution in [0.3, 0.4) is 0 Å². The number of primary amides is 1. The number of phenolic OH excluding ortho intramolecular Hbond substituents is 1. The predicted octanol–water partition coefficient (Wildman–Crippen LogP) is 2.71. The Balaban J connectivity index is 1.70. The van der Waals surface area contributed by atoms with E-state index in [4.69, 9.17) is 10.5 Å². The van der Waals surface area contributed by atoms with Gasteiger partial charge in [0.25, 0.3) is 5.91 Å². The molecule has 0 aliphatic heterocycles. The standard InChI is InChI=1S/C30H29NO9/c1-3-4-19(32)13-5-8-22(40-2)17(10-13)16-6-7-20(33)24-18(16)11-14-9-15-12-21(34)25(29(31)38)28(37)30(15,39)27(36)23(14)26(24)35/h3,5-8,10,14-15,19,32-33,35,37,39H,1,4,9,11-12H2,2H3,(H2,31,38)/t14-,15+,19?,30+/m1/s1. The highest BCUT2D eigenvalue weighted by Crippen LogP contribution is 2.53. The highest BCUT2D eigenvalue weighted by molar-refractivity contribution is 6.22. The monoisotopic (exact) mass is 547 g/mol. The van der Waals surface area contributed by atoms with Gasteiger partial charge in [-0.05, 0) is 60.1 Å². The van der Waals surface area contributed by atoms with Gasteiger partial charge in [-0.1, -0.05) is 18.2 Å². The SMILES string of the molecule is C=CCC(O)c1ccc(OC)c(-c2ccc(O)c3c2C[C@H]2C[C@H]4CC(=O)C(C(N)=O)=C(O)[C@@]4(O)C(=O)C2=C3O)c1. The number of fused-ring (bicyclic) bond motifs is 3. The summed E-state index contributed by atoms with van der Waals surface area (Å²) in [5.41, 5.74) is 3.78. The molecule has 0 bridgehead atoms. The summed E-state index contributed by atoms with van der Waals surface area (Å²) in [4.78, 5) is 38.1. The summed E-state index contributed by atoms with van der Waals surface area (Å²) in [5.74, 6) is -6.39. The molecule has 1 unspecified atom stereocenters. The summed E-state index contributed by atoms with van der Waals surface area (Å²) < 4.78 is 5.57. The van der Waals surface area contributed by atoms with E-state index < -0.39 is 64.5 Å². The second kappa shape index (κ2) is 9.65. The number of methoxy groups -OCH3 is 1. The zero-order chi connectivity index (χ0) is 29.1. The van der Waals surface area contributed by atoms with Crippen molar-refractivity contribution in [1.29, 1.82) is 0 Å². The third-order valence-electron chi connectivity index (χ3n) is 8.24. The average Bonchev–Trinajstić information content (AvgIpc) is 2.90. The van der Waals surface area contributed by atoms with E-state index in [1.54, 1.807) is 30.3 Å². The quantitative estimate of drug-likeness (QED) is 0.233. The van der Waals surface area contributed by atoms with Crippen molar-refractivity contribution in [2.75, 3.05) is 7.11 Å². The van der Waals surface area contributed by atoms with Crippen LogP contribution >= 0.6 is 0 Å². The lowest BCUT2D eigenvalue weighted by atomic mass is 9.59. The molecular weight excluding hydrogens is 518 g/mol. The molecular formula is C30H29NO9. The molecule has 0 heterocycles. The Bertz CT molecular complexity index is 1550. The molecule has 1 amide bonds. The predicted molar refractivity (Wildman–Crippen MR) is 143 cm³/mol. The number of ketones is 2. The first kappa shape index (κ1) is 27.2. The first-order valence-corrected chi connectivity index (χ1v) is 12.7. The summed E-state index contributed by atoms with van der Waals surface area (Å²) in [6.45, 7) is 3.66. The van der Waals surface area contributed by atoms with Gasteiger partial charge in [0.05, 0.1) is 18.8 Å². The van der Waals surface area contributed by atoms with Gasteiger partial charge in [-0.2, -0.15) is 0 Å². The van der Waals surface area contributed by atoms with Crippen molar-refractivity contribution >= 4 is 23.2 Å². The molecule has 40 heavy (non-hydrogen) atoms. The summed E-state index contributed by atoms with van der Waals surface area (Å²) in [7, 11) is 1.49. The highest BCUT2D eigenvalue weighted by atomic mass is 16.5. The van der Waals surface area contributed by atoms with Crippen LogP contribution in [0.5, 0.6) is 11.5 Å². The number of hydrogen-bond acceptors (Lipinski definition) is 9. The maximum absolute atomic E-state index is 13.7. The van der Waals surface area contributed by atoms with Gasteiger partial charge in [0.2, 0.25) is 5.78 Å². The fraction of sp³-hybridized carbons (Fsp3) is 0.300. The van der Waals surface area contributed by atoms with Crippen LogP contribution in [-0.4, -0.2) is 55.7 Å². The van der Waals surface area contributed by atoms with E-state index in [0.29, 0.717) is 34.4 Å². The Morgan fingerprint density at radius 3 is 2.55 bits per heavy atom. The number of nitrogens with two attached hydrogens (primary N) is 1. The number of ether oxygens (including phenoxy) is 1. The van der Waals surface area contributed by atoms with E-state index >= 15 is 0 Å². The Morgan fingerprint density at radius 2 is 1.90 bits per heavy atom. The molecule has 3 aliphatic carbocycles. The van der Waals surface area contributed by atoms with Gasteiger partial charge in [0, 0.05) is 23.5 Å². The molecule has 3 aliphatic rings. The molecule has 2 aromatic rings. The minimum Gasteiger partial charge on any atom is -0.508 e. The fourth-order valence-electron chi connectivity index (χ4n) is 6.31. The Hall–Kier alpha value is -4.41. The third kappa shape index (κ3) is 3.82. The Kier molecular flexibility index (Phi) is 6.56. The lowest BCUT2D eigenvalue weighted by Crippen LogP contribution is -2.58. The summed E-state index contributed by atoms with van der Waals surface area (Å²) >= 11 is 0.